The van der Waals surface area contributed by atoms with E-state index in [9.17, 15) is 102 Å². The second kappa shape index (κ2) is 27.9. The van der Waals surface area contributed by atoms with Crippen LogP contribution in [-0.4, -0.2) is 290 Å². The van der Waals surface area contributed by atoms with Crippen molar-refractivity contribution in [1.82, 2.24) is 4.90 Å². The van der Waals surface area contributed by atoms with E-state index in [2.05, 4.69) is 0 Å². The molecule has 0 aromatic rings. The zero-order valence-corrected chi connectivity index (χ0v) is 32.6. The number of hydrogen-bond acceptors (Lipinski definition) is 26. The van der Waals surface area contributed by atoms with Gasteiger partial charge in [0.15, 0.2) is 25.2 Å². The molecule has 0 amide bonds. The molecule has 1 fully saturated rings. The van der Waals surface area contributed by atoms with Crippen LogP contribution in [0.2, 0.25) is 0 Å². The fraction of sp³-hybridized carbons (Fsp3) is 1.00. The van der Waals surface area contributed by atoms with Crippen molar-refractivity contribution in [3.63, 3.8) is 0 Å². The first kappa shape index (κ1) is 56.0. The Labute approximate surface area is 339 Å². The average molecular weight is 878 g/mol. The molecule has 0 bridgehead atoms. The van der Waals surface area contributed by atoms with E-state index in [1.807, 2.05) is 0 Å². The highest BCUT2D eigenvalue weighted by molar-refractivity contribution is 4.91. The van der Waals surface area contributed by atoms with Crippen LogP contribution in [0.1, 0.15) is 25.7 Å². The molecule has 1 saturated heterocycles. The standard InChI is InChI=1S/C33H67NO25/c1-34(2)11-17(42)21(45)19(43)15(40)5-9-55-30(52)26(50)20(44)16(41)6-10-56-31(53)28(22(46)13(38)3-7-35)58-32(54)29(23(47)14(39)4-8-36)59-33-27(51)25(49)24(48)18(12-37)57-33/h13-33,35-54H,3-12H2,1-2H3. The molecule has 59 heavy (non-hydrogen) atoms. The van der Waals surface area contributed by atoms with Crippen molar-refractivity contribution in [3.8, 4) is 0 Å². The first-order chi connectivity index (χ1) is 27.5. The van der Waals surface area contributed by atoms with Crippen molar-refractivity contribution in [2.45, 2.75) is 155 Å². The summed E-state index contributed by atoms with van der Waals surface area (Å²) in [5, 5.41) is 204. The molecule has 21 atom stereocenters. The van der Waals surface area contributed by atoms with Crippen molar-refractivity contribution in [3.05, 3.63) is 0 Å². The van der Waals surface area contributed by atoms with Gasteiger partial charge in [0.25, 0.3) is 0 Å². The Kier molecular flexibility index (Phi) is 26.5. The number of likely N-dealkylation sites (N-methyl/N-ethyl adjacent to an activating group) is 1. The van der Waals surface area contributed by atoms with Gasteiger partial charge in [0.05, 0.1) is 50.3 Å². The van der Waals surface area contributed by atoms with Crippen molar-refractivity contribution >= 4 is 0 Å². The summed E-state index contributed by atoms with van der Waals surface area (Å²) in [4.78, 5) is 1.52. The van der Waals surface area contributed by atoms with Crippen LogP contribution in [0, 0.1) is 0 Å². The lowest BCUT2D eigenvalue weighted by molar-refractivity contribution is -0.352. The summed E-state index contributed by atoms with van der Waals surface area (Å²) in [6.45, 7) is -3.71. The van der Waals surface area contributed by atoms with E-state index in [0.29, 0.717) is 0 Å². The van der Waals surface area contributed by atoms with Crippen molar-refractivity contribution < 1.29 is 126 Å². The van der Waals surface area contributed by atoms with Crippen LogP contribution in [0.4, 0.5) is 0 Å². The molecule has 1 aliphatic rings. The Hall–Kier alpha value is -1.04. The summed E-state index contributed by atoms with van der Waals surface area (Å²) < 4.78 is 26.0. The molecule has 0 radical (unpaired) electrons. The van der Waals surface area contributed by atoms with Crippen LogP contribution in [0.15, 0.2) is 0 Å². The molecular formula is C33H67NO25. The van der Waals surface area contributed by atoms with E-state index < -0.39 is 188 Å². The summed E-state index contributed by atoms with van der Waals surface area (Å²) in [6, 6.07) is 0. The number of hydrogen-bond donors (Lipinski definition) is 20. The molecule has 0 spiro atoms. The van der Waals surface area contributed by atoms with Gasteiger partial charge in [-0.2, -0.15) is 0 Å². The largest absolute Gasteiger partial charge is 0.396 e. The lowest BCUT2D eigenvalue weighted by Crippen LogP contribution is -2.62. The van der Waals surface area contributed by atoms with Gasteiger partial charge in [-0.15, -0.1) is 0 Å². The van der Waals surface area contributed by atoms with Crippen LogP contribution < -0.4 is 0 Å². The van der Waals surface area contributed by atoms with Crippen molar-refractivity contribution in [2.75, 3.05) is 53.7 Å². The summed E-state index contributed by atoms with van der Waals surface area (Å²) in [5.41, 5.74) is 0. The third kappa shape index (κ3) is 17.6. The minimum Gasteiger partial charge on any atom is -0.396 e. The molecule has 0 aliphatic carbocycles. The van der Waals surface area contributed by atoms with Crippen molar-refractivity contribution in [1.29, 1.82) is 0 Å². The van der Waals surface area contributed by atoms with E-state index in [4.69, 9.17) is 23.7 Å². The average Bonchev–Trinajstić information content (AvgIpc) is 3.19. The smallest absolute Gasteiger partial charge is 0.187 e. The van der Waals surface area contributed by atoms with Crippen LogP contribution in [0.5, 0.6) is 0 Å². The molecule has 21 unspecified atom stereocenters. The third-order valence-corrected chi connectivity index (χ3v) is 9.44. The SMILES string of the molecule is CN(C)CC(O)C(O)C(O)C(O)CCOC(O)C(O)C(O)C(O)CCOC(O)C(OC(O)C(OC1OC(CO)C(O)C(O)C1O)C(O)C(O)CCO)C(O)C(O)CCO. The molecule has 1 rings (SSSR count). The lowest BCUT2D eigenvalue weighted by atomic mass is 9.99. The van der Waals surface area contributed by atoms with Crippen LogP contribution in [-0.2, 0) is 23.7 Å². The maximum absolute atomic E-state index is 11.1. The van der Waals surface area contributed by atoms with Gasteiger partial charge in [-0.3, -0.25) is 0 Å². The Morgan fingerprint density at radius 2 is 0.932 bits per heavy atom. The summed E-state index contributed by atoms with van der Waals surface area (Å²) in [5.74, 6) is 0. The minimum absolute atomic E-state index is 0.0414. The molecule has 0 saturated carbocycles. The molecule has 26 heteroatoms. The Morgan fingerprint density at radius 1 is 0.492 bits per heavy atom. The van der Waals surface area contributed by atoms with E-state index in [1.54, 1.807) is 14.1 Å². The highest BCUT2D eigenvalue weighted by atomic mass is 16.7. The van der Waals surface area contributed by atoms with Gasteiger partial charge in [0.2, 0.25) is 0 Å². The van der Waals surface area contributed by atoms with Gasteiger partial charge >= 0.3 is 0 Å². The van der Waals surface area contributed by atoms with E-state index in [1.165, 1.54) is 4.90 Å². The first-order valence-electron chi connectivity index (χ1n) is 18.8. The molecule has 0 aromatic carbocycles. The molecular weight excluding hydrogens is 810 g/mol. The zero-order valence-electron chi connectivity index (χ0n) is 32.6. The normalized spacial score (nSPS) is 28.6. The van der Waals surface area contributed by atoms with Crippen LogP contribution >= 0.6 is 0 Å². The van der Waals surface area contributed by atoms with E-state index in [-0.39, 0.29) is 6.54 Å². The topological polar surface area (TPSA) is 454 Å². The molecule has 20 N–H and O–H groups in total. The number of rotatable bonds is 31. The van der Waals surface area contributed by atoms with Crippen molar-refractivity contribution in [2.24, 2.45) is 0 Å². The van der Waals surface area contributed by atoms with Crippen LogP contribution in [0.25, 0.3) is 0 Å². The Morgan fingerprint density at radius 3 is 1.41 bits per heavy atom. The van der Waals surface area contributed by atoms with Crippen LogP contribution in [0.3, 0.4) is 0 Å². The minimum atomic E-state index is -2.60. The number of ether oxygens (including phenoxy) is 5. The molecule has 1 aliphatic heterocycles. The monoisotopic (exact) mass is 877 g/mol. The summed E-state index contributed by atoms with van der Waals surface area (Å²) >= 11 is 0. The second-order valence-electron chi connectivity index (χ2n) is 14.5. The van der Waals surface area contributed by atoms with Gasteiger partial charge in [-0.05, 0) is 39.8 Å². The first-order valence-corrected chi connectivity index (χ1v) is 18.8. The van der Waals surface area contributed by atoms with Gasteiger partial charge < -0.3 is 131 Å². The van der Waals surface area contributed by atoms with Gasteiger partial charge in [0, 0.05) is 19.8 Å². The number of aliphatic hydroxyl groups excluding tert-OH is 20. The Bertz CT molecular complexity index is 1090. The predicted octanol–water partition coefficient (Wildman–Crippen LogP) is -11.4. The Balaban J connectivity index is 3.00. The fourth-order valence-electron chi connectivity index (χ4n) is 5.74. The van der Waals surface area contributed by atoms with E-state index >= 15 is 0 Å². The second-order valence-corrected chi connectivity index (χ2v) is 14.5. The predicted molar refractivity (Wildman–Crippen MR) is 191 cm³/mol. The number of nitrogens with zero attached hydrogens (tertiary/aromatic N) is 1. The number of aliphatic hydroxyl groups is 20. The lowest BCUT2D eigenvalue weighted by Gasteiger charge is -2.43. The molecule has 1 heterocycles. The van der Waals surface area contributed by atoms with Gasteiger partial charge in [-0.25, -0.2) is 0 Å². The maximum atomic E-state index is 11.1. The van der Waals surface area contributed by atoms with Gasteiger partial charge in [-0.1, -0.05) is 0 Å². The van der Waals surface area contributed by atoms with E-state index in [0.717, 1.165) is 0 Å². The summed E-state index contributed by atoms with van der Waals surface area (Å²) in [6.07, 6.45) is -44.7. The molecule has 354 valence electrons. The molecule has 26 nitrogen and oxygen atoms in total. The molecule has 0 aromatic heterocycles. The fourth-order valence-corrected chi connectivity index (χ4v) is 5.74. The maximum Gasteiger partial charge on any atom is 0.187 e. The highest BCUT2D eigenvalue weighted by Crippen LogP contribution is 2.27. The summed E-state index contributed by atoms with van der Waals surface area (Å²) in [7, 11) is 3.19. The zero-order chi connectivity index (χ0) is 45.3. The highest BCUT2D eigenvalue weighted by Gasteiger charge is 2.48. The quantitative estimate of drug-likeness (QED) is 0.0288. The van der Waals surface area contributed by atoms with Gasteiger partial charge in [0.1, 0.15) is 73.2 Å². The third-order valence-electron chi connectivity index (χ3n) is 9.44.